The second kappa shape index (κ2) is 8.28. The molecule has 0 aliphatic rings. The van der Waals surface area contributed by atoms with Crippen LogP contribution in [0.4, 0.5) is 4.39 Å². The van der Waals surface area contributed by atoms with E-state index >= 15 is 0 Å². The predicted molar refractivity (Wildman–Crippen MR) is 73.3 cm³/mol. The third kappa shape index (κ3) is 4.63. The summed E-state index contributed by atoms with van der Waals surface area (Å²) in [5.74, 6) is -0.661. The summed E-state index contributed by atoms with van der Waals surface area (Å²) in [6, 6.07) is 7.57. The molecular formula is C15H19FN2O2. The van der Waals surface area contributed by atoms with Gasteiger partial charge in [0.1, 0.15) is 11.9 Å². The number of carbonyl (C=O) groups is 1. The molecule has 20 heavy (non-hydrogen) atoms. The van der Waals surface area contributed by atoms with Gasteiger partial charge in [-0.15, -0.1) is 0 Å². The molecule has 0 aliphatic heterocycles. The largest absolute Gasteiger partial charge is 0.466 e. The van der Waals surface area contributed by atoms with Gasteiger partial charge in [-0.25, -0.2) is 4.39 Å². The molecule has 0 saturated heterocycles. The van der Waals surface area contributed by atoms with Gasteiger partial charge >= 0.3 is 5.97 Å². The van der Waals surface area contributed by atoms with E-state index < -0.39 is 6.04 Å². The molecule has 108 valence electrons. The van der Waals surface area contributed by atoms with Gasteiger partial charge in [-0.2, -0.15) is 5.26 Å². The van der Waals surface area contributed by atoms with E-state index in [9.17, 15) is 14.4 Å². The number of rotatable bonds is 7. The van der Waals surface area contributed by atoms with Gasteiger partial charge < -0.3 is 4.74 Å². The Hall–Kier alpha value is -1.93. The summed E-state index contributed by atoms with van der Waals surface area (Å²) in [7, 11) is 0. The van der Waals surface area contributed by atoms with Crippen LogP contribution >= 0.6 is 0 Å². The van der Waals surface area contributed by atoms with Gasteiger partial charge in [-0.05, 0) is 31.2 Å². The summed E-state index contributed by atoms with van der Waals surface area (Å²) in [4.78, 5) is 13.2. The molecule has 1 aromatic rings. The highest BCUT2D eigenvalue weighted by atomic mass is 19.1. The number of carbonyl (C=O) groups excluding carboxylic acids is 1. The van der Waals surface area contributed by atoms with Crippen molar-refractivity contribution in [3.63, 3.8) is 0 Å². The number of esters is 1. The maximum Gasteiger partial charge on any atom is 0.307 e. The van der Waals surface area contributed by atoms with Gasteiger partial charge in [0.15, 0.2) is 0 Å². The molecule has 0 fully saturated rings. The molecule has 1 atom stereocenters. The number of nitriles is 1. The van der Waals surface area contributed by atoms with Gasteiger partial charge in [0.05, 0.1) is 19.1 Å². The SMILES string of the molecule is CCOC(=O)CCN(CC)C(C#N)c1cccc(F)c1. The lowest BCUT2D eigenvalue weighted by molar-refractivity contribution is -0.143. The van der Waals surface area contributed by atoms with E-state index in [-0.39, 0.29) is 18.2 Å². The molecule has 0 heterocycles. The summed E-state index contributed by atoms with van der Waals surface area (Å²) in [5.41, 5.74) is 0.596. The van der Waals surface area contributed by atoms with E-state index in [1.54, 1.807) is 19.1 Å². The molecule has 0 aliphatic carbocycles. The van der Waals surface area contributed by atoms with Crippen LogP contribution < -0.4 is 0 Å². The van der Waals surface area contributed by atoms with Crippen LogP contribution in [0.3, 0.4) is 0 Å². The highest BCUT2D eigenvalue weighted by Crippen LogP contribution is 2.20. The van der Waals surface area contributed by atoms with Crippen LogP contribution in [0.15, 0.2) is 24.3 Å². The average Bonchev–Trinajstić information content (AvgIpc) is 2.43. The first-order valence-electron chi connectivity index (χ1n) is 6.67. The quantitative estimate of drug-likeness (QED) is 0.719. The van der Waals surface area contributed by atoms with Gasteiger partial charge in [-0.1, -0.05) is 19.1 Å². The second-order valence-corrected chi connectivity index (χ2v) is 4.27. The average molecular weight is 278 g/mol. The topological polar surface area (TPSA) is 53.3 Å². The number of hydrogen-bond donors (Lipinski definition) is 0. The molecule has 0 N–H and O–H groups in total. The maximum absolute atomic E-state index is 13.2. The fourth-order valence-electron chi connectivity index (χ4n) is 1.98. The maximum atomic E-state index is 13.2. The first-order chi connectivity index (χ1) is 9.62. The Morgan fingerprint density at radius 1 is 1.50 bits per heavy atom. The van der Waals surface area contributed by atoms with Crippen LogP contribution in [0.1, 0.15) is 31.9 Å². The third-order valence-corrected chi connectivity index (χ3v) is 2.97. The van der Waals surface area contributed by atoms with Crippen molar-refractivity contribution in [2.45, 2.75) is 26.3 Å². The van der Waals surface area contributed by atoms with Crippen molar-refractivity contribution in [3.05, 3.63) is 35.6 Å². The Kier molecular flexibility index (Phi) is 6.68. The zero-order chi connectivity index (χ0) is 15.0. The minimum Gasteiger partial charge on any atom is -0.466 e. The van der Waals surface area contributed by atoms with Crippen molar-refractivity contribution < 1.29 is 13.9 Å². The normalized spacial score (nSPS) is 11.9. The van der Waals surface area contributed by atoms with Crippen molar-refractivity contribution >= 4 is 5.97 Å². The predicted octanol–water partition coefficient (Wildman–Crippen LogP) is 2.67. The van der Waals surface area contributed by atoms with E-state index in [0.717, 1.165) is 0 Å². The monoisotopic (exact) mass is 278 g/mol. The molecule has 1 rings (SSSR count). The summed E-state index contributed by atoms with van der Waals surface area (Å²) >= 11 is 0. The minimum absolute atomic E-state index is 0.217. The van der Waals surface area contributed by atoms with E-state index in [1.807, 2.05) is 11.8 Å². The first-order valence-corrected chi connectivity index (χ1v) is 6.67. The molecule has 4 nitrogen and oxygen atoms in total. The van der Waals surface area contributed by atoms with Crippen LogP contribution in [0.5, 0.6) is 0 Å². The Morgan fingerprint density at radius 2 is 2.25 bits per heavy atom. The summed E-state index contributed by atoms with van der Waals surface area (Å²) < 4.78 is 18.1. The number of halogens is 1. The van der Waals surface area contributed by atoms with Gasteiger partial charge in [0, 0.05) is 6.54 Å². The first kappa shape index (κ1) is 16.1. The van der Waals surface area contributed by atoms with Gasteiger partial charge in [-0.3, -0.25) is 9.69 Å². The van der Waals surface area contributed by atoms with Crippen LogP contribution in [0.25, 0.3) is 0 Å². The van der Waals surface area contributed by atoms with Gasteiger partial charge in [0.2, 0.25) is 0 Å². The van der Waals surface area contributed by atoms with Crippen LogP contribution in [0, 0.1) is 17.1 Å². The highest BCUT2D eigenvalue weighted by molar-refractivity contribution is 5.69. The van der Waals surface area contributed by atoms with Crippen molar-refractivity contribution in [2.24, 2.45) is 0 Å². The number of hydrogen-bond acceptors (Lipinski definition) is 4. The molecular weight excluding hydrogens is 259 g/mol. The Morgan fingerprint density at radius 3 is 2.80 bits per heavy atom. The number of benzene rings is 1. The van der Waals surface area contributed by atoms with Crippen molar-refractivity contribution in [1.29, 1.82) is 5.26 Å². The second-order valence-electron chi connectivity index (χ2n) is 4.27. The van der Waals surface area contributed by atoms with Crippen molar-refractivity contribution in [2.75, 3.05) is 19.7 Å². The van der Waals surface area contributed by atoms with E-state index in [1.165, 1.54) is 12.1 Å². The fourth-order valence-corrected chi connectivity index (χ4v) is 1.98. The Balaban J connectivity index is 2.75. The zero-order valence-corrected chi connectivity index (χ0v) is 11.8. The molecule has 0 aromatic heterocycles. The molecule has 5 heteroatoms. The van der Waals surface area contributed by atoms with Crippen LogP contribution in [-0.4, -0.2) is 30.6 Å². The van der Waals surface area contributed by atoms with Crippen LogP contribution in [-0.2, 0) is 9.53 Å². The van der Waals surface area contributed by atoms with E-state index in [4.69, 9.17) is 4.74 Å². The zero-order valence-electron chi connectivity index (χ0n) is 11.8. The van der Waals surface area contributed by atoms with E-state index in [0.29, 0.717) is 25.3 Å². The lowest BCUT2D eigenvalue weighted by Gasteiger charge is -2.25. The number of nitrogens with zero attached hydrogens (tertiary/aromatic N) is 2. The lowest BCUT2D eigenvalue weighted by atomic mass is 10.1. The van der Waals surface area contributed by atoms with Crippen LogP contribution in [0.2, 0.25) is 0 Å². The fraction of sp³-hybridized carbons (Fsp3) is 0.467. The highest BCUT2D eigenvalue weighted by Gasteiger charge is 2.20. The Bertz CT molecular complexity index is 485. The van der Waals surface area contributed by atoms with Crippen molar-refractivity contribution in [1.82, 2.24) is 4.90 Å². The summed E-state index contributed by atoms with van der Waals surface area (Å²) in [5, 5.41) is 9.31. The molecule has 0 radical (unpaired) electrons. The Labute approximate surface area is 118 Å². The summed E-state index contributed by atoms with van der Waals surface area (Å²) in [6.07, 6.45) is 0.217. The molecule has 0 bridgehead atoms. The van der Waals surface area contributed by atoms with Gasteiger partial charge in [0.25, 0.3) is 0 Å². The lowest BCUT2D eigenvalue weighted by Crippen LogP contribution is -2.30. The summed E-state index contributed by atoms with van der Waals surface area (Å²) in [6.45, 7) is 4.99. The smallest absolute Gasteiger partial charge is 0.307 e. The minimum atomic E-state index is -0.565. The standard InChI is InChI=1S/C15H19FN2O2/c1-3-18(9-8-15(19)20-4-2)14(11-17)12-6-5-7-13(16)10-12/h5-7,10,14H,3-4,8-9H2,1-2H3. The molecule has 0 spiro atoms. The van der Waals surface area contributed by atoms with E-state index in [2.05, 4.69) is 6.07 Å². The third-order valence-electron chi connectivity index (χ3n) is 2.97. The molecule has 0 saturated carbocycles. The molecule has 1 unspecified atom stereocenters. The van der Waals surface area contributed by atoms with Crippen molar-refractivity contribution in [3.8, 4) is 6.07 Å². The molecule has 0 amide bonds. The number of ether oxygens (including phenoxy) is 1. The molecule has 1 aromatic carbocycles.